The maximum Gasteiger partial charge on any atom is 0.316 e. The van der Waals surface area contributed by atoms with Gasteiger partial charge in [-0.2, -0.15) is 0 Å². The lowest BCUT2D eigenvalue weighted by atomic mass is 10.1. The van der Waals surface area contributed by atoms with Crippen molar-refractivity contribution in [1.82, 2.24) is 24.8 Å². The van der Waals surface area contributed by atoms with Gasteiger partial charge in [0.2, 0.25) is 5.89 Å². The number of hydrogen-bond donors (Lipinski definition) is 0. The summed E-state index contributed by atoms with van der Waals surface area (Å²) in [7, 11) is 1.48. The van der Waals surface area contributed by atoms with Crippen LogP contribution in [0.15, 0.2) is 41.3 Å². The number of aromatic nitrogens is 4. The van der Waals surface area contributed by atoms with Gasteiger partial charge in [0.1, 0.15) is 11.5 Å². The molecule has 1 amide bonds. The van der Waals surface area contributed by atoms with Gasteiger partial charge in [0, 0.05) is 37.8 Å². The van der Waals surface area contributed by atoms with Crippen LogP contribution in [0.4, 0.5) is 0 Å². The van der Waals surface area contributed by atoms with Gasteiger partial charge in [-0.25, -0.2) is 15.0 Å². The second kappa shape index (κ2) is 6.31. The number of amides is 1. The average Bonchev–Trinajstić information content (AvgIpc) is 3.11. The van der Waals surface area contributed by atoms with Crippen LogP contribution in [0.2, 0.25) is 0 Å². The number of ether oxygens (including phenoxy) is 1. The Morgan fingerprint density at radius 2 is 2.12 bits per heavy atom. The Bertz CT molecular complexity index is 892. The van der Waals surface area contributed by atoms with Crippen molar-refractivity contribution in [2.45, 2.75) is 13.0 Å². The van der Waals surface area contributed by atoms with Crippen molar-refractivity contribution in [2.75, 3.05) is 13.7 Å². The van der Waals surface area contributed by atoms with Gasteiger partial charge >= 0.3 is 6.01 Å². The highest BCUT2D eigenvalue weighted by atomic mass is 16.5. The second-order valence-corrected chi connectivity index (χ2v) is 5.57. The molecular weight excluding hydrogens is 322 g/mol. The predicted molar refractivity (Wildman–Crippen MR) is 86.8 cm³/mol. The molecule has 8 heteroatoms. The van der Waals surface area contributed by atoms with Crippen LogP contribution in [-0.2, 0) is 13.0 Å². The molecular formula is C17H15N5O3. The Hall–Kier alpha value is -3.29. The Kier molecular flexibility index (Phi) is 3.85. The summed E-state index contributed by atoms with van der Waals surface area (Å²) < 4.78 is 10.7. The molecule has 0 bridgehead atoms. The number of nitrogens with zero attached hydrogens (tertiary/aromatic N) is 5. The van der Waals surface area contributed by atoms with Crippen molar-refractivity contribution >= 4 is 5.91 Å². The first-order chi connectivity index (χ1) is 12.2. The monoisotopic (exact) mass is 337 g/mol. The van der Waals surface area contributed by atoms with Crippen LogP contribution < -0.4 is 4.74 Å². The van der Waals surface area contributed by atoms with E-state index in [9.17, 15) is 4.79 Å². The lowest BCUT2D eigenvalue weighted by molar-refractivity contribution is 0.0727. The summed E-state index contributed by atoms with van der Waals surface area (Å²) in [5, 5.41) is 0. The van der Waals surface area contributed by atoms with Gasteiger partial charge in [0.05, 0.1) is 24.8 Å². The molecule has 0 spiro atoms. The molecule has 3 aromatic rings. The van der Waals surface area contributed by atoms with E-state index in [-0.39, 0.29) is 11.9 Å². The van der Waals surface area contributed by atoms with Crippen LogP contribution in [-0.4, -0.2) is 44.4 Å². The number of hydrogen-bond acceptors (Lipinski definition) is 7. The number of rotatable bonds is 3. The quantitative estimate of drug-likeness (QED) is 0.718. The zero-order chi connectivity index (χ0) is 17.2. The molecule has 4 heterocycles. The minimum Gasteiger partial charge on any atom is -0.467 e. The summed E-state index contributed by atoms with van der Waals surface area (Å²) in [6.07, 6.45) is 6.95. The van der Waals surface area contributed by atoms with Crippen LogP contribution >= 0.6 is 0 Å². The molecule has 8 nitrogen and oxygen atoms in total. The second-order valence-electron chi connectivity index (χ2n) is 5.57. The SMILES string of the molecule is COc1ncc(C(=O)N2CCc3oc(-c4cccnc4)nc3C2)cn1. The minimum atomic E-state index is -0.140. The Balaban J connectivity index is 1.54. The van der Waals surface area contributed by atoms with E-state index in [0.29, 0.717) is 31.0 Å². The van der Waals surface area contributed by atoms with Gasteiger partial charge in [0.15, 0.2) is 0 Å². The van der Waals surface area contributed by atoms with Crippen molar-refractivity contribution in [2.24, 2.45) is 0 Å². The predicted octanol–water partition coefficient (Wildman–Crippen LogP) is 1.73. The summed E-state index contributed by atoms with van der Waals surface area (Å²) >= 11 is 0. The molecule has 0 aliphatic carbocycles. The maximum absolute atomic E-state index is 12.6. The van der Waals surface area contributed by atoms with Gasteiger partial charge < -0.3 is 14.1 Å². The molecule has 0 fully saturated rings. The molecule has 0 unspecified atom stereocenters. The van der Waals surface area contributed by atoms with Crippen molar-refractivity contribution in [3.63, 3.8) is 0 Å². The molecule has 0 saturated carbocycles. The topological polar surface area (TPSA) is 94.2 Å². The Morgan fingerprint density at radius 3 is 2.84 bits per heavy atom. The van der Waals surface area contributed by atoms with Gasteiger partial charge in [-0.1, -0.05) is 0 Å². The fraction of sp³-hybridized carbons (Fsp3) is 0.235. The summed E-state index contributed by atoms with van der Waals surface area (Å²) in [5.41, 5.74) is 2.01. The molecule has 0 radical (unpaired) electrons. The highest BCUT2D eigenvalue weighted by Crippen LogP contribution is 2.26. The van der Waals surface area contributed by atoms with Crippen LogP contribution in [0, 0.1) is 0 Å². The number of carbonyl (C=O) groups is 1. The van der Waals surface area contributed by atoms with E-state index >= 15 is 0 Å². The zero-order valence-corrected chi connectivity index (χ0v) is 13.5. The van der Waals surface area contributed by atoms with E-state index in [4.69, 9.17) is 9.15 Å². The molecule has 0 saturated heterocycles. The van der Waals surface area contributed by atoms with Gasteiger partial charge in [-0.05, 0) is 12.1 Å². The molecule has 3 aromatic heterocycles. The molecule has 25 heavy (non-hydrogen) atoms. The van der Waals surface area contributed by atoms with Crippen LogP contribution in [0.1, 0.15) is 21.8 Å². The van der Waals surface area contributed by atoms with E-state index < -0.39 is 0 Å². The molecule has 0 atom stereocenters. The summed E-state index contributed by atoms with van der Waals surface area (Å²) in [5.74, 6) is 1.20. The fourth-order valence-corrected chi connectivity index (χ4v) is 2.70. The summed E-state index contributed by atoms with van der Waals surface area (Å²) in [4.78, 5) is 30.9. The average molecular weight is 337 g/mol. The lowest BCUT2D eigenvalue weighted by Gasteiger charge is -2.25. The standard InChI is InChI=1S/C17H15N5O3/c1-24-17-19-8-12(9-20-17)16(23)22-6-4-14-13(10-22)21-15(25-14)11-3-2-5-18-7-11/h2-3,5,7-9H,4,6,10H2,1H3. The third kappa shape index (κ3) is 2.93. The van der Waals surface area contributed by atoms with Gasteiger partial charge in [0.25, 0.3) is 5.91 Å². The van der Waals surface area contributed by atoms with Crippen LogP contribution in [0.25, 0.3) is 11.5 Å². The van der Waals surface area contributed by atoms with Crippen LogP contribution in [0.3, 0.4) is 0 Å². The fourth-order valence-electron chi connectivity index (χ4n) is 2.70. The van der Waals surface area contributed by atoms with E-state index in [1.807, 2.05) is 12.1 Å². The number of pyridine rings is 1. The normalized spacial score (nSPS) is 13.4. The largest absolute Gasteiger partial charge is 0.467 e. The van der Waals surface area contributed by atoms with E-state index in [2.05, 4.69) is 19.9 Å². The number of fused-ring (bicyclic) bond motifs is 1. The third-order valence-electron chi connectivity index (χ3n) is 3.98. The molecule has 1 aliphatic rings. The number of oxazole rings is 1. The Morgan fingerprint density at radius 1 is 1.28 bits per heavy atom. The van der Waals surface area contributed by atoms with Gasteiger partial charge in [-0.3, -0.25) is 9.78 Å². The first-order valence-electron chi connectivity index (χ1n) is 7.79. The summed E-state index contributed by atoms with van der Waals surface area (Å²) in [6, 6.07) is 3.95. The van der Waals surface area contributed by atoms with Crippen molar-refractivity contribution < 1.29 is 13.9 Å². The smallest absolute Gasteiger partial charge is 0.316 e. The van der Waals surface area contributed by atoms with E-state index in [1.165, 1.54) is 19.5 Å². The Labute approximate surface area is 143 Å². The number of methoxy groups -OCH3 is 1. The minimum absolute atomic E-state index is 0.140. The zero-order valence-electron chi connectivity index (χ0n) is 13.5. The molecule has 1 aliphatic heterocycles. The lowest BCUT2D eigenvalue weighted by Crippen LogP contribution is -2.35. The highest BCUT2D eigenvalue weighted by molar-refractivity contribution is 5.93. The van der Waals surface area contributed by atoms with Crippen molar-refractivity contribution in [3.8, 4) is 17.5 Å². The maximum atomic E-state index is 12.6. The molecule has 0 aromatic carbocycles. The van der Waals surface area contributed by atoms with Gasteiger partial charge in [-0.15, -0.1) is 0 Å². The van der Waals surface area contributed by atoms with E-state index in [0.717, 1.165) is 17.0 Å². The van der Waals surface area contributed by atoms with Crippen molar-refractivity contribution in [3.05, 3.63) is 53.9 Å². The molecule has 0 N–H and O–H groups in total. The molecule has 4 rings (SSSR count). The first-order valence-corrected chi connectivity index (χ1v) is 7.79. The van der Waals surface area contributed by atoms with E-state index in [1.54, 1.807) is 17.3 Å². The van der Waals surface area contributed by atoms with Crippen LogP contribution in [0.5, 0.6) is 6.01 Å². The summed E-state index contributed by atoms with van der Waals surface area (Å²) in [6.45, 7) is 0.948. The highest BCUT2D eigenvalue weighted by Gasteiger charge is 2.27. The first kappa shape index (κ1) is 15.3. The molecule has 126 valence electrons. The third-order valence-corrected chi connectivity index (χ3v) is 3.98. The van der Waals surface area contributed by atoms with Crippen molar-refractivity contribution in [1.29, 1.82) is 0 Å². The number of carbonyl (C=O) groups excluding carboxylic acids is 1.